The normalized spacial score (nSPS) is 30.5. The van der Waals surface area contributed by atoms with Gasteiger partial charge in [0.25, 0.3) is 0 Å². The lowest BCUT2D eigenvalue weighted by Crippen LogP contribution is -2.66. The molecule has 1 N–H and O–H groups in total. The fourth-order valence-corrected chi connectivity index (χ4v) is 4.97. The van der Waals surface area contributed by atoms with E-state index in [2.05, 4.69) is 4.98 Å². The Morgan fingerprint density at radius 3 is 2.50 bits per heavy atom. The number of halogens is 3. The van der Waals surface area contributed by atoms with E-state index >= 15 is 0 Å². The second kappa shape index (κ2) is 5.68. The third kappa shape index (κ3) is 3.21. The zero-order valence-electron chi connectivity index (χ0n) is 14.7. The Morgan fingerprint density at radius 1 is 1.27 bits per heavy atom. The van der Waals surface area contributed by atoms with Gasteiger partial charge in [-0.05, 0) is 57.1 Å². The molecule has 1 aromatic heterocycles. The van der Waals surface area contributed by atoms with E-state index in [1.54, 1.807) is 13.0 Å². The van der Waals surface area contributed by atoms with Gasteiger partial charge in [-0.25, -0.2) is 4.98 Å². The van der Waals surface area contributed by atoms with Gasteiger partial charge in [0, 0.05) is 30.1 Å². The van der Waals surface area contributed by atoms with Gasteiger partial charge in [0.2, 0.25) is 5.91 Å². The first-order valence-corrected chi connectivity index (χ1v) is 9.10. The standard InChI is InChI=1S/C19H23F3N2O2/c1-17(26)8-13(9-17)16(25)24-10-18(11-24)6-12(7-18)5-14-3-2-4-15(23-14)19(20,21)22/h2-4,12-13,26H,5-11H2,1H3. The number of hydrogen-bond acceptors (Lipinski definition) is 3. The number of alkyl halides is 3. The van der Waals surface area contributed by atoms with Crippen LogP contribution in [0.2, 0.25) is 0 Å². The van der Waals surface area contributed by atoms with E-state index in [1.807, 2.05) is 4.90 Å². The molecule has 1 aliphatic heterocycles. The molecule has 7 heteroatoms. The Bertz CT molecular complexity index is 710. The lowest BCUT2D eigenvalue weighted by atomic mass is 9.56. The summed E-state index contributed by atoms with van der Waals surface area (Å²) in [6.45, 7) is 3.25. The quantitative estimate of drug-likeness (QED) is 0.892. The molecule has 1 aromatic rings. The van der Waals surface area contributed by atoms with Gasteiger partial charge in [-0.15, -0.1) is 0 Å². The van der Waals surface area contributed by atoms with E-state index in [9.17, 15) is 23.1 Å². The maximum Gasteiger partial charge on any atom is 0.433 e. The van der Waals surface area contributed by atoms with Crippen molar-refractivity contribution in [3.05, 3.63) is 29.6 Å². The molecule has 1 spiro atoms. The van der Waals surface area contributed by atoms with Crippen LogP contribution in [0.15, 0.2) is 18.2 Å². The Kier molecular flexibility index (Phi) is 3.88. The lowest BCUT2D eigenvalue weighted by Gasteiger charge is -2.60. The molecule has 0 radical (unpaired) electrons. The second-order valence-electron chi connectivity index (χ2n) is 8.79. The molecule has 0 bridgehead atoms. The molecule has 0 unspecified atom stereocenters. The average molecular weight is 368 g/mol. The van der Waals surface area contributed by atoms with Crippen molar-refractivity contribution in [2.24, 2.45) is 17.3 Å². The van der Waals surface area contributed by atoms with Gasteiger partial charge in [-0.2, -0.15) is 13.2 Å². The van der Waals surface area contributed by atoms with Crippen LogP contribution in [-0.4, -0.2) is 39.6 Å². The Morgan fingerprint density at radius 2 is 1.92 bits per heavy atom. The van der Waals surface area contributed by atoms with Crippen LogP contribution in [0, 0.1) is 17.3 Å². The van der Waals surface area contributed by atoms with E-state index in [4.69, 9.17) is 0 Å². The summed E-state index contributed by atoms with van der Waals surface area (Å²) in [5, 5.41) is 9.76. The minimum absolute atomic E-state index is 0.0486. The number of carbonyl (C=O) groups excluding carboxylic acids is 1. The number of aliphatic hydroxyl groups is 1. The molecule has 0 aromatic carbocycles. The molecule has 2 aliphatic carbocycles. The molecule has 142 valence electrons. The Hall–Kier alpha value is -1.63. The second-order valence-corrected chi connectivity index (χ2v) is 8.79. The van der Waals surface area contributed by atoms with Crippen LogP contribution >= 0.6 is 0 Å². The fraction of sp³-hybridized carbons (Fsp3) is 0.684. The van der Waals surface area contributed by atoms with E-state index in [0.29, 0.717) is 30.9 Å². The highest BCUT2D eigenvalue weighted by Crippen LogP contribution is 2.53. The van der Waals surface area contributed by atoms with Gasteiger partial charge in [-0.3, -0.25) is 4.79 Å². The van der Waals surface area contributed by atoms with Crippen LogP contribution in [0.5, 0.6) is 0 Å². The minimum atomic E-state index is -4.40. The largest absolute Gasteiger partial charge is 0.433 e. The molecule has 4 nitrogen and oxygen atoms in total. The zero-order valence-corrected chi connectivity index (χ0v) is 14.7. The monoisotopic (exact) mass is 368 g/mol. The summed E-state index contributed by atoms with van der Waals surface area (Å²) in [5.74, 6) is 0.436. The molecule has 1 amide bonds. The van der Waals surface area contributed by atoms with Crippen molar-refractivity contribution in [2.75, 3.05) is 13.1 Å². The number of pyridine rings is 1. The van der Waals surface area contributed by atoms with Crippen LogP contribution in [0.25, 0.3) is 0 Å². The summed E-state index contributed by atoms with van der Waals surface area (Å²) in [4.78, 5) is 17.9. The number of amides is 1. The summed E-state index contributed by atoms with van der Waals surface area (Å²) < 4.78 is 38.2. The van der Waals surface area contributed by atoms with E-state index in [-0.39, 0.29) is 17.2 Å². The van der Waals surface area contributed by atoms with E-state index in [1.165, 1.54) is 6.07 Å². The molecule has 4 rings (SSSR count). The number of hydrogen-bond donors (Lipinski definition) is 1. The zero-order chi connectivity index (χ0) is 18.7. The summed E-state index contributed by atoms with van der Waals surface area (Å²) >= 11 is 0. The Balaban J connectivity index is 1.25. The van der Waals surface area contributed by atoms with Gasteiger partial charge < -0.3 is 10.0 Å². The molecule has 0 atom stereocenters. The van der Waals surface area contributed by atoms with Crippen molar-refractivity contribution in [3.8, 4) is 0 Å². The highest BCUT2D eigenvalue weighted by Gasteiger charge is 2.55. The molecular weight excluding hydrogens is 345 g/mol. The maximum atomic E-state index is 12.7. The molecule has 3 aliphatic rings. The highest BCUT2D eigenvalue weighted by atomic mass is 19.4. The smallest absolute Gasteiger partial charge is 0.390 e. The van der Waals surface area contributed by atoms with Gasteiger partial charge in [-0.1, -0.05) is 6.07 Å². The van der Waals surface area contributed by atoms with E-state index in [0.717, 1.165) is 32.0 Å². The van der Waals surface area contributed by atoms with Crippen molar-refractivity contribution in [3.63, 3.8) is 0 Å². The van der Waals surface area contributed by atoms with Gasteiger partial charge in [0.15, 0.2) is 0 Å². The summed E-state index contributed by atoms with van der Waals surface area (Å²) in [6.07, 6.45) is -0.879. The first-order valence-electron chi connectivity index (χ1n) is 9.10. The summed E-state index contributed by atoms with van der Waals surface area (Å²) in [6, 6.07) is 4.06. The van der Waals surface area contributed by atoms with Gasteiger partial charge >= 0.3 is 6.18 Å². The number of carbonyl (C=O) groups is 1. The maximum absolute atomic E-state index is 12.7. The molecule has 2 heterocycles. The van der Waals surface area contributed by atoms with Gasteiger partial charge in [0.05, 0.1) is 5.60 Å². The predicted octanol–water partition coefficient (Wildman–Crippen LogP) is 3.04. The van der Waals surface area contributed by atoms with Crippen LogP contribution in [0.1, 0.15) is 44.0 Å². The van der Waals surface area contributed by atoms with E-state index < -0.39 is 17.5 Å². The van der Waals surface area contributed by atoms with Crippen molar-refractivity contribution >= 4 is 5.91 Å². The summed E-state index contributed by atoms with van der Waals surface area (Å²) in [7, 11) is 0. The SMILES string of the molecule is CC1(O)CC(C(=O)N2CC3(CC(Cc4cccc(C(F)(F)F)n4)C3)C2)C1. The van der Waals surface area contributed by atoms with Crippen LogP contribution in [0.3, 0.4) is 0 Å². The van der Waals surface area contributed by atoms with Crippen molar-refractivity contribution in [1.82, 2.24) is 9.88 Å². The first kappa shape index (κ1) is 17.8. The Labute approximate surface area is 150 Å². The number of nitrogens with zero attached hydrogens (tertiary/aromatic N) is 2. The lowest BCUT2D eigenvalue weighted by molar-refractivity contribution is -0.171. The fourth-order valence-electron chi connectivity index (χ4n) is 4.97. The third-order valence-corrected chi connectivity index (χ3v) is 6.12. The van der Waals surface area contributed by atoms with Gasteiger partial charge in [0.1, 0.15) is 5.69 Å². The molecule has 3 fully saturated rings. The van der Waals surface area contributed by atoms with Crippen molar-refractivity contribution in [1.29, 1.82) is 0 Å². The molecule has 2 saturated carbocycles. The first-order chi connectivity index (χ1) is 12.1. The van der Waals surface area contributed by atoms with Crippen LogP contribution in [-0.2, 0) is 17.4 Å². The highest BCUT2D eigenvalue weighted by molar-refractivity contribution is 5.81. The van der Waals surface area contributed by atoms with Crippen molar-refractivity contribution < 1.29 is 23.1 Å². The molecule has 1 saturated heterocycles. The van der Waals surface area contributed by atoms with Crippen LogP contribution < -0.4 is 0 Å². The number of rotatable bonds is 3. The van der Waals surface area contributed by atoms with Crippen LogP contribution in [0.4, 0.5) is 13.2 Å². The van der Waals surface area contributed by atoms with Crippen molar-refractivity contribution in [2.45, 2.75) is 50.8 Å². The third-order valence-electron chi connectivity index (χ3n) is 6.12. The number of likely N-dealkylation sites (tertiary alicyclic amines) is 1. The minimum Gasteiger partial charge on any atom is -0.390 e. The summed E-state index contributed by atoms with van der Waals surface area (Å²) in [5.41, 5.74) is -0.874. The molecule has 26 heavy (non-hydrogen) atoms. The topological polar surface area (TPSA) is 53.4 Å². The predicted molar refractivity (Wildman–Crippen MR) is 88.0 cm³/mol. The molecular formula is C19H23F3N2O2. The number of aromatic nitrogens is 1. The average Bonchev–Trinajstić information content (AvgIpc) is 2.44.